The number of thioether (sulfide) groups is 1. The third-order valence-electron chi connectivity index (χ3n) is 2.45. The quantitative estimate of drug-likeness (QED) is 0.736. The van der Waals surface area contributed by atoms with Crippen LogP contribution in [0.4, 0.5) is 5.69 Å². The number of nitrogens with two attached hydrogens (primary N) is 1. The van der Waals surface area contributed by atoms with E-state index in [9.17, 15) is 0 Å². The molecular formula is C13H11N3S3. The number of rotatable bonds is 4. The zero-order chi connectivity index (χ0) is 13.1. The highest BCUT2D eigenvalue weighted by molar-refractivity contribution is 7.98. The molecule has 3 heterocycles. The van der Waals surface area contributed by atoms with Crippen molar-refractivity contribution in [3.05, 3.63) is 46.2 Å². The van der Waals surface area contributed by atoms with Crippen molar-refractivity contribution in [2.24, 2.45) is 0 Å². The van der Waals surface area contributed by atoms with E-state index in [1.165, 1.54) is 5.56 Å². The average Bonchev–Trinajstić information content (AvgIpc) is 3.09. The molecule has 0 unspecified atom stereocenters. The predicted molar refractivity (Wildman–Crippen MR) is 83.6 cm³/mol. The lowest BCUT2D eigenvalue weighted by Gasteiger charge is -1.98. The molecule has 96 valence electrons. The Kier molecular flexibility index (Phi) is 3.82. The van der Waals surface area contributed by atoms with E-state index in [-0.39, 0.29) is 0 Å². The zero-order valence-electron chi connectivity index (χ0n) is 9.95. The molecule has 3 rings (SSSR count). The van der Waals surface area contributed by atoms with E-state index in [1.54, 1.807) is 40.6 Å². The molecule has 0 amide bonds. The normalized spacial score (nSPS) is 10.7. The van der Waals surface area contributed by atoms with Crippen LogP contribution in [0.5, 0.6) is 0 Å². The summed E-state index contributed by atoms with van der Waals surface area (Å²) >= 11 is 5.05. The second-order valence-electron chi connectivity index (χ2n) is 3.87. The number of hydrogen-bond donors (Lipinski definition) is 1. The number of anilines is 1. The molecule has 2 N–H and O–H groups in total. The SMILES string of the molecule is Nc1ccc(SCc2csc(-c3ccsc3)n2)nc1. The van der Waals surface area contributed by atoms with E-state index in [4.69, 9.17) is 5.73 Å². The van der Waals surface area contributed by atoms with E-state index < -0.39 is 0 Å². The van der Waals surface area contributed by atoms with E-state index in [1.807, 2.05) is 12.1 Å². The number of nitrogen functional groups attached to an aromatic ring is 1. The minimum atomic E-state index is 0.692. The molecule has 3 aromatic heterocycles. The van der Waals surface area contributed by atoms with Crippen molar-refractivity contribution >= 4 is 40.1 Å². The van der Waals surface area contributed by atoms with Crippen LogP contribution >= 0.6 is 34.4 Å². The number of hydrogen-bond acceptors (Lipinski definition) is 6. The Labute approximate surface area is 123 Å². The van der Waals surface area contributed by atoms with Crippen molar-refractivity contribution in [1.29, 1.82) is 0 Å². The first-order valence-electron chi connectivity index (χ1n) is 5.62. The van der Waals surface area contributed by atoms with Gasteiger partial charge in [0.1, 0.15) is 5.01 Å². The first-order chi connectivity index (χ1) is 9.31. The lowest BCUT2D eigenvalue weighted by molar-refractivity contribution is 1.13. The van der Waals surface area contributed by atoms with Gasteiger partial charge < -0.3 is 5.73 Å². The fourth-order valence-electron chi connectivity index (χ4n) is 1.52. The Hall–Kier alpha value is -1.37. The van der Waals surface area contributed by atoms with Gasteiger partial charge >= 0.3 is 0 Å². The molecule has 0 aliphatic heterocycles. The highest BCUT2D eigenvalue weighted by atomic mass is 32.2. The average molecular weight is 305 g/mol. The Morgan fingerprint density at radius 1 is 1.21 bits per heavy atom. The molecule has 0 spiro atoms. The highest BCUT2D eigenvalue weighted by Gasteiger charge is 2.06. The van der Waals surface area contributed by atoms with E-state index in [0.29, 0.717) is 5.69 Å². The molecule has 0 aliphatic carbocycles. The molecule has 0 radical (unpaired) electrons. The summed E-state index contributed by atoms with van der Waals surface area (Å²) < 4.78 is 0. The Bertz CT molecular complexity index is 644. The Balaban J connectivity index is 1.66. The number of thiazole rings is 1. The zero-order valence-corrected chi connectivity index (χ0v) is 12.4. The molecule has 0 saturated heterocycles. The van der Waals surface area contributed by atoms with Crippen LogP contribution in [0.3, 0.4) is 0 Å². The molecule has 0 bridgehead atoms. The summed E-state index contributed by atoms with van der Waals surface area (Å²) in [6, 6.07) is 5.90. The second kappa shape index (κ2) is 5.73. The standard InChI is InChI=1S/C13H11N3S3/c14-10-1-2-12(15-5-10)18-7-11-8-19-13(16-11)9-3-4-17-6-9/h1-6,8H,7,14H2. The van der Waals surface area contributed by atoms with Crippen LogP contribution in [0.1, 0.15) is 5.69 Å². The van der Waals surface area contributed by atoms with Gasteiger partial charge in [-0.2, -0.15) is 11.3 Å². The monoisotopic (exact) mass is 305 g/mol. The van der Waals surface area contributed by atoms with Crippen molar-refractivity contribution in [3.8, 4) is 10.6 Å². The maximum absolute atomic E-state index is 5.61. The van der Waals surface area contributed by atoms with Crippen molar-refractivity contribution in [1.82, 2.24) is 9.97 Å². The lowest BCUT2D eigenvalue weighted by atomic mass is 10.4. The second-order valence-corrected chi connectivity index (χ2v) is 6.51. The predicted octanol–water partition coefficient (Wildman–Crippen LogP) is 4.14. The molecule has 3 aromatic rings. The van der Waals surface area contributed by atoms with Crippen molar-refractivity contribution in [2.45, 2.75) is 10.8 Å². The number of nitrogens with zero attached hydrogens (tertiary/aromatic N) is 2. The van der Waals surface area contributed by atoms with E-state index in [2.05, 4.69) is 32.2 Å². The fourth-order valence-corrected chi connectivity index (χ4v) is 3.89. The minimum Gasteiger partial charge on any atom is -0.397 e. The molecule has 0 saturated carbocycles. The third kappa shape index (κ3) is 3.15. The van der Waals surface area contributed by atoms with Gasteiger partial charge in [-0.05, 0) is 23.6 Å². The first kappa shape index (κ1) is 12.7. The fraction of sp³-hybridized carbons (Fsp3) is 0.0769. The smallest absolute Gasteiger partial charge is 0.124 e. The van der Waals surface area contributed by atoms with E-state index >= 15 is 0 Å². The van der Waals surface area contributed by atoms with Gasteiger partial charge in [-0.3, -0.25) is 0 Å². The van der Waals surface area contributed by atoms with Crippen LogP contribution in [0, 0.1) is 0 Å². The van der Waals surface area contributed by atoms with Gasteiger partial charge in [0, 0.05) is 22.1 Å². The van der Waals surface area contributed by atoms with Crippen molar-refractivity contribution < 1.29 is 0 Å². The Morgan fingerprint density at radius 3 is 2.89 bits per heavy atom. The van der Waals surface area contributed by atoms with Gasteiger partial charge in [-0.15, -0.1) is 23.1 Å². The highest BCUT2D eigenvalue weighted by Crippen LogP contribution is 2.28. The number of aromatic nitrogens is 2. The van der Waals surface area contributed by atoms with Crippen LogP contribution in [0.25, 0.3) is 10.6 Å². The summed E-state index contributed by atoms with van der Waals surface area (Å²) in [4.78, 5) is 8.90. The van der Waals surface area contributed by atoms with Gasteiger partial charge in [0.05, 0.1) is 22.6 Å². The van der Waals surface area contributed by atoms with Crippen LogP contribution in [0.2, 0.25) is 0 Å². The van der Waals surface area contributed by atoms with Crippen molar-refractivity contribution in [2.75, 3.05) is 5.73 Å². The summed E-state index contributed by atoms with van der Waals surface area (Å²) in [5, 5.41) is 8.36. The van der Waals surface area contributed by atoms with Crippen LogP contribution < -0.4 is 5.73 Å². The van der Waals surface area contributed by atoms with Gasteiger partial charge in [0.25, 0.3) is 0 Å². The van der Waals surface area contributed by atoms with E-state index in [0.717, 1.165) is 21.5 Å². The molecule has 19 heavy (non-hydrogen) atoms. The molecular weight excluding hydrogens is 294 g/mol. The van der Waals surface area contributed by atoms with Crippen LogP contribution in [-0.2, 0) is 5.75 Å². The van der Waals surface area contributed by atoms with Crippen molar-refractivity contribution in [3.63, 3.8) is 0 Å². The van der Waals surface area contributed by atoms with Gasteiger partial charge in [-0.25, -0.2) is 9.97 Å². The summed E-state index contributed by atoms with van der Waals surface area (Å²) in [5.41, 5.74) is 8.60. The molecule has 0 fully saturated rings. The lowest BCUT2D eigenvalue weighted by Crippen LogP contribution is -1.87. The summed E-state index contributed by atoms with van der Waals surface area (Å²) in [7, 11) is 0. The van der Waals surface area contributed by atoms with Gasteiger partial charge in [0.2, 0.25) is 0 Å². The number of pyridine rings is 1. The summed E-state index contributed by atoms with van der Waals surface area (Å²) in [6.45, 7) is 0. The maximum Gasteiger partial charge on any atom is 0.124 e. The van der Waals surface area contributed by atoms with Gasteiger partial charge in [0.15, 0.2) is 0 Å². The molecule has 6 heteroatoms. The largest absolute Gasteiger partial charge is 0.397 e. The van der Waals surface area contributed by atoms with Gasteiger partial charge in [-0.1, -0.05) is 0 Å². The molecule has 0 aromatic carbocycles. The number of thiophene rings is 1. The minimum absolute atomic E-state index is 0.692. The topological polar surface area (TPSA) is 51.8 Å². The maximum atomic E-state index is 5.61. The summed E-state index contributed by atoms with van der Waals surface area (Å²) in [5.74, 6) is 0.831. The molecule has 0 aliphatic rings. The summed E-state index contributed by atoms with van der Waals surface area (Å²) in [6.07, 6.45) is 1.68. The van der Waals surface area contributed by atoms with Crippen LogP contribution in [0.15, 0.2) is 45.6 Å². The molecule has 0 atom stereocenters. The third-order valence-corrected chi connectivity index (χ3v) is 5.05. The Morgan fingerprint density at radius 2 is 2.16 bits per heavy atom. The van der Waals surface area contributed by atoms with Crippen LogP contribution in [-0.4, -0.2) is 9.97 Å². The first-order valence-corrected chi connectivity index (χ1v) is 8.43. The molecule has 3 nitrogen and oxygen atoms in total.